The van der Waals surface area contributed by atoms with Gasteiger partial charge in [-0.2, -0.15) is 0 Å². The smallest absolute Gasteiger partial charge is 0.259 e. The van der Waals surface area contributed by atoms with Crippen molar-refractivity contribution < 1.29 is 5.11 Å². The molecule has 1 atom stereocenters. The molecule has 4 heteroatoms. The molecule has 1 rings (SSSR count). The molecule has 0 bridgehead atoms. The molecular weight excluding hydrogens is 208 g/mol. The average molecular weight is 216 g/mol. The first kappa shape index (κ1) is 8.49. The average Bonchev–Trinajstić information content (AvgIpc) is 1.86. The fraction of sp³-hybridized carbons (Fsp3) is 0.286. The molecule has 0 aliphatic carbocycles. The summed E-state index contributed by atoms with van der Waals surface area (Å²) in [5.41, 5.74) is -1.21. The van der Waals surface area contributed by atoms with Crippen molar-refractivity contribution in [2.45, 2.75) is 12.5 Å². The van der Waals surface area contributed by atoms with E-state index in [0.29, 0.717) is 5.82 Å². The third-order valence-electron chi connectivity index (χ3n) is 1.10. The van der Waals surface area contributed by atoms with Crippen molar-refractivity contribution >= 4 is 15.9 Å². The molecule has 0 amide bonds. The Bertz CT molecular complexity index is 240. The van der Waals surface area contributed by atoms with Crippen molar-refractivity contribution in [2.75, 3.05) is 0 Å². The molecular formula is C7H8BrN2O+. The van der Waals surface area contributed by atoms with Gasteiger partial charge in [-0.05, 0) is 15.9 Å². The normalized spacial score (nSPS) is 15.9. The van der Waals surface area contributed by atoms with Crippen LogP contribution in [0.5, 0.6) is 0 Å². The lowest BCUT2D eigenvalue weighted by atomic mass is 10.1. The Hall–Kier alpha value is -0.610. The maximum Gasteiger partial charge on any atom is 0.259 e. The van der Waals surface area contributed by atoms with Crippen molar-refractivity contribution in [3.05, 3.63) is 29.6 Å². The molecule has 0 saturated heterocycles. The topological polar surface area (TPSA) is 46.0 Å². The summed E-state index contributed by atoms with van der Waals surface area (Å²) in [6.45, 7) is 5.02. The maximum atomic E-state index is 9.33. The number of nitrogens with zero attached hydrogens (tertiary/aromatic N) is 2. The zero-order chi connectivity index (χ0) is 8.48. The summed E-state index contributed by atoms with van der Waals surface area (Å²) in [4.78, 5) is 7.76. The molecule has 1 N–H and O–H groups in total. The van der Waals surface area contributed by atoms with Gasteiger partial charge in [0.1, 0.15) is 6.92 Å². The predicted molar refractivity (Wildman–Crippen MR) is 44.7 cm³/mol. The minimum absolute atomic E-state index is 0.320. The Balaban J connectivity index is 2.99. The van der Waals surface area contributed by atoms with Crippen LogP contribution in [-0.2, 0) is 5.60 Å². The molecule has 0 aliphatic heterocycles. The molecule has 1 aromatic rings. The van der Waals surface area contributed by atoms with Gasteiger partial charge in [0.15, 0.2) is 0 Å². The minimum Gasteiger partial charge on any atom is -0.345 e. The van der Waals surface area contributed by atoms with Gasteiger partial charge in [-0.1, -0.05) is 0 Å². The lowest BCUT2D eigenvalue weighted by Crippen LogP contribution is -2.19. The van der Waals surface area contributed by atoms with Crippen molar-refractivity contribution in [1.29, 1.82) is 0 Å². The summed E-state index contributed by atoms with van der Waals surface area (Å²) in [6.07, 6.45) is 3.14. The monoisotopic (exact) mass is 215 g/mol. The van der Waals surface area contributed by atoms with Gasteiger partial charge in [-0.25, -0.2) is 9.97 Å². The van der Waals surface area contributed by atoms with E-state index in [1.807, 2.05) is 0 Å². The zero-order valence-electron chi connectivity index (χ0n) is 6.08. The van der Waals surface area contributed by atoms with Crippen LogP contribution >= 0.6 is 15.9 Å². The van der Waals surface area contributed by atoms with E-state index in [4.69, 9.17) is 0 Å². The van der Waals surface area contributed by atoms with Crippen molar-refractivity contribution in [2.24, 2.45) is 0 Å². The van der Waals surface area contributed by atoms with Crippen LogP contribution in [0.25, 0.3) is 0 Å². The van der Waals surface area contributed by atoms with Gasteiger partial charge < -0.3 is 5.11 Å². The second-order valence-corrected chi connectivity index (χ2v) is 3.41. The van der Waals surface area contributed by atoms with Gasteiger partial charge in [-0.3, -0.25) is 0 Å². The molecule has 1 unspecified atom stereocenters. The molecule has 0 radical (unpaired) electrons. The highest BCUT2D eigenvalue weighted by Gasteiger charge is 2.27. The maximum absolute atomic E-state index is 9.33. The van der Waals surface area contributed by atoms with Gasteiger partial charge in [0, 0.05) is 19.3 Å². The summed E-state index contributed by atoms with van der Waals surface area (Å²) >= 11 is 3.19. The molecule has 11 heavy (non-hydrogen) atoms. The SMILES string of the molecule is [CH2+]C(C)(O)c1ncc(Br)cn1. The van der Waals surface area contributed by atoms with Crippen molar-refractivity contribution in [3.63, 3.8) is 0 Å². The van der Waals surface area contributed by atoms with Crippen molar-refractivity contribution in [3.8, 4) is 0 Å². The molecule has 58 valence electrons. The Kier molecular flexibility index (Phi) is 2.15. The number of rotatable bonds is 1. The van der Waals surface area contributed by atoms with E-state index in [1.54, 1.807) is 12.4 Å². The van der Waals surface area contributed by atoms with Crippen LogP contribution < -0.4 is 0 Å². The Morgan fingerprint density at radius 3 is 2.36 bits per heavy atom. The highest BCUT2D eigenvalue weighted by molar-refractivity contribution is 9.10. The quantitative estimate of drug-likeness (QED) is 0.719. The molecule has 0 saturated carbocycles. The van der Waals surface area contributed by atoms with Gasteiger partial charge in [0.2, 0.25) is 5.82 Å². The standard InChI is InChI=1S/C7H8BrN2O/c1-7(2,11)6-9-3-5(8)4-10-6/h3-4,11H,1H2,2H3/q+1. The minimum atomic E-state index is -1.21. The van der Waals surface area contributed by atoms with Gasteiger partial charge in [-0.15, -0.1) is 0 Å². The summed E-state index contributed by atoms with van der Waals surface area (Å²) < 4.78 is 0.783. The number of hydrogen-bond donors (Lipinski definition) is 1. The third-order valence-corrected chi connectivity index (χ3v) is 1.51. The lowest BCUT2D eigenvalue weighted by Gasteiger charge is -2.06. The van der Waals surface area contributed by atoms with E-state index in [1.165, 1.54) is 6.92 Å². The zero-order valence-corrected chi connectivity index (χ0v) is 7.67. The highest BCUT2D eigenvalue weighted by atomic mass is 79.9. The Labute approximate surface area is 73.6 Å². The van der Waals surface area contributed by atoms with E-state index in [2.05, 4.69) is 32.8 Å². The third kappa shape index (κ3) is 2.17. The number of halogens is 1. The van der Waals surface area contributed by atoms with Gasteiger partial charge in [0.05, 0.1) is 4.47 Å². The first-order valence-electron chi connectivity index (χ1n) is 3.06. The van der Waals surface area contributed by atoms with Crippen LogP contribution in [0.4, 0.5) is 0 Å². The molecule has 0 aliphatic rings. The van der Waals surface area contributed by atoms with E-state index < -0.39 is 5.60 Å². The van der Waals surface area contributed by atoms with E-state index in [-0.39, 0.29) is 0 Å². The first-order valence-corrected chi connectivity index (χ1v) is 3.85. The van der Waals surface area contributed by atoms with Crippen LogP contribution in [0.3, 0.4) is 0 Å². The summed E-state index contributed by atoms with van der Waals surface area (Å²) in [5.74, 6) is 0.320. The second kappa shape index (κ2) is 2.79. The molecule has 0 spiro atoms. The molecule has 3 nitrogen and oxygen atoms in total. The van der Waals surface area contributed by atoms with E-state index in [0.717, 1.165) is 4.47 Å². The van der Waals surface area contributed by atoms with Crippen LogP contribution in [0.15, 0.2) is 16.9 Å². The largest absolute Gasteiger partial charge is 0.345 e. The van der Waals surface area contributed by atoms with Crippen molar-refractivity contribution in [1.82, 2.24) is 9.97 Å². The molecule has 1 heterocycles. The lowest BCUT2D eigenvalue weighted by molar-refractivity contribution is 0.0977. The first-order chi connectivity index (χ1) is 5.00. The Morgan fingerprint density at radius 2 is 2.00 bits per heavy atom. The second-order valence-electron chi connectivity index (χ2n) is 2.50. The van der Waals surface area contributed by atoms with E-state index >= 15 is 0 Å². The molecule has 0 fully saturated rings. The van der Waals surface area contributed by atoms with Gasteiger partial charge in [0.25, 0.3) is 5.60 Å². The van der Waals surface area contributed by atoms with Crippen LogP contribution in [-0.4, -0.2) is 15.1 Å². The predicted octanol–water partition coefficient (Wildman–Crippen LogP) is 1.28. The summed E-state index contributed by atoms with van der Waals surface area (Å²) in [5, 5.41) is 9.33. The summed E-state index contributed by atoms with van der Waals surface area (Å²) in [6, 6.07) is 0. The number of aromatic nitrogens is 2. The van der Waals surface area contributed by atoms with E-state index in [9.17, 15) is 5.11 Å². The summed E-state index contributed by atoms with van der Waals surface area (Å²) in [7, 11) is 0. The number of aliphatic hydroxyl groups is 1. The fourth-order valence-corrected chi connectivity index (χ4v) is 0.795. The number of hydrogen-bond acceptors (Lipinski definition) is 3. The molecule has 1 aromatic heterocycles. The van der Waals surface area contributed by atoms with Gasteiger partial charge >= 0.3 is 0 Å². The Morgan fingerprint density at radius 1 is 1.55 bits per heavy atom. The molecule has 0 aromatic carbocycles. The van der Waals surface area contributed by atoms with Crippen LogP contribution in [0.2, 0.25) is 0 Å². The van der Waals surface area contributed by atoms with Crippen LogP contribution in [0.1, 0.15) is 12.7 Å². The van der Waals surface area contributed by atoms with Crippen LogP contribution in [0, 0.1) is 6.92 Å². The fourth-order valence-electron chi connectivity index (χ4n) is 0.590. The highest BCUT2D eigenvalue weighted by Crippen LogP contribution is 2.14.